The number of nitrogens with one attached hydrogen (secondary N) is 2. The first-order chi connectivity index (χ1) is 12.4. The first kappa shape index (κ1) is 19.7. The van der Waals surface area contributed by atoms with Crippen molar-refractivity contribution in [2.45, 2.75) is 13.3 Å². The summed E-state index contributed by atoms with van der Waals surface area (Å²) in [6.07, 6.45) is 2.23. The van der Waals surface area contributed by atoms with Gasteiger partial charge in [-0.1, -0.05) is 19.1 Å². The number of carbonyl (C=O) groups excluding carboxylic acids is 2. The molecule has 2 aromatic rings. The molecule has 0 unspecified atom stereocenters. The number of nitrogens with zero attached hydrogens (tertiary/aromatic N) is 2. The lowest BCUT2D eigenvalue weighted by Gasteiger charge is -2.24. The van der Waals surface area contributed by atoms with Crippen LogP contribution >= 0.6 is 0 Å². The Balaban J connectivity index is 2.04. The van der Waals surface area contributed by atoms with E-state index in [0.29, 0.717) is 24.0 Å². The number of hydrogen-bond donors (Lipinski definition) is 2. The number of carbonyl (C=O) groups is 2. The molecule has 1 aromatic heterocycles. The second kappa shape index (κ2) is 9.15. The summed E-state index contributed by atoms with van der Waals surface area (Å²) in [7, 11) is 3.89. The number of benzene rings is 1. The van der Waals surface area contributed by atoms with E-state index in [1.807, 2.05) is 32.0 Å². The SMILES string of the molecule is CCCN(CCN(C)C)C(=O)CNC(=O)c1c[nH]c2ccccc2c1=O. The van der Waals surface area contributed by atoms with Crippen LogP contribution in [0.2, 0.25) is 0 Å². The quantitative estimate of drug-likeness (QED) is 0.739. The van der Waals surface area contributed by atoms with Gasteiger partial charge >= 0.3 is 0 Å². The molecular weight excluding hydrogens is 332 g/mol. The van der Waals surface area contributed by atoms with E-state index in [1.165, 1.54) is 6.20 Å². The summed E-state index contributed by atoms with van der Waals surface area (Å²) in [5.74, 6) is -0.700. The summed E-state index contributed by atoms with van der Waals surface area (Å²) in [5.41, 5.74) is 0.331. The highest BCUT2D eigenvalue weighted by molar-refractivity contribution is 5.98. The van der Waals surface area contributed by atoms with Crippen LogP contribution in [0.15, 0.2) is 35.3 Å². The number of pyridine rings is 1. The van der Waals surface area contributed by atoms with Crippen LogP contribution in [0.5, 0.6) is 0 Å². The zero-order valence-electron chi connectivity index (χ0n) is 15.5. The van der Waals surface area contributed by atoms with Gasteiger partial charge in [0.1, 0.15) is 5.56 Å². The Morgan fingerprint density at radius 3 is 2.54 bits per heavy atom. The second-order valence-corrected chi connectivity index (χ2v) is 6.44. The van der Waals surface area contributed by atoms with Gasteiger partial charge in [0.15, 0.2) is 0 Å². The van der Waals surface area contributed by atoms with Gasteiger partial charge < -0.3 is 20.1 Å². The van der Waals surface area contributed by atoms with E-state index in [4.69, 9.17) is 0 Å². The van der Waals surface area contributed by atoms with Crippen molar-refractivity contribution in [2.75, 3.05) is 40.3 Å². The highest BCUT2D eigenvalue weighted by Crippen LogP contribution is 2.06. The van der Waals surface area contributed by atoms with E-state index in [-0.39, 0.29) is 23.4 Å². The fourth-order valence-electron chi connectivity index (χ4n) is 2.65. The molecule has 0 spiro atoms. The van der Waals surface area contributed by atoms with Gasteiger partial charge in [0, 0.05) is 36.7 Å². The molecule has 0 saturated carbocycles. The maximum atomic E-state index is 12.4. The van der Waals surface area contributed by atoms with Gasteiger partial charge in [0.05, 0.1) is 6.54 Å². The van der Waals surface area contributed by atoms with E-state index < -0.39 is 5.91 Å². The molecule has 2 rings (SSSR count). The molecule has 2 amide bonds. The molecule has 26 heavy (non-hydrogen) atoms. The van der Waals surface area contributed by atoms with Crippen molar-refractivity contribution in [3.8, 4) is 0 Å². The second-order valence-electron chi connectivity index (χ2n) is 6.44. The number of para-hydroxylation sites is 1. The predicted molar refractivity (Wildman–Crippen MR) is 102 cm³/mol. The van der Waals surface area contributed by atoms with Crippen molar-refractivity contribution in [1.29, 1.82) is 0 Å². The summed E-state index contributed by atoms with van der Waals surface area (Å²) in [6.45, 7) is 3.87. The Morgan fingerprint density at radius 2 is 1.85 bits per heavy atom. The van der Waals surface area contributed by atoms with Gasteiger partial charge in [0.25, 0.3) is 5.91 Å². The molecule has 0 aliphatic heterocycles. The van der Waals surface area contributed by atoms with E-state index in [9.17, 15) is 14.4 Å². The smallest absolute Gasteiger partial charge is 0.257 e. The van der Waals surface area contributed by atoms with Gasteiger partial charge in [-0.25, -0.2) is 0 Å². The molecular formula is C19H26N4O3. The van der Waals surface area contributed by atoms with Crippen molar-refractivity contribution in [3.05, 3.63) is 46.2 Å². The molecule has 7 nitrogen and oxygen atoms in total. The molecule has 0 atom stereocenters. The fourth-order valence-corrected chi connectivity index (χ4v) is 2.65. The summed E-state index contributed by atoms with van der Waals surface area (Å²) < 4.78 is 0. The van der Waals surface area contributed by atoms with Crippen LogP contribution in [-0.2, 0) is 4.79 Å². The molecule has 0 aliphatic rings. The highest BCUT2D eigenvalue weighted by atomic mass is 16.2. The summed E-state index contributed by atoms with van der Waals surface area (Å²) >= 11 is 0. The lowest BCUT2D eigenvalue weighted by atomic mass is 10.1. The molecule has 1 aromatic carbocycles. The van der Waals surface area contributed by atoms with Crippen LogP contribution in [0, 0.1) is 0 Å². The standard InChI is InChI=1S/C19H26N4O3/c1-4-9-23(11-10-22(2)3)17(24)13-21-19(26)15-12-20-16-8-6-5-7-14(16)18(15)25/h5-8,12H,4,9-11,13H2,1-3H3,(H,20,25)(H,21,26). The van der Waals surface area contributed by atoms with E-state index in [1.54, 1.807) is 23.1 Å². The number of hydrogen-bond acceptors (Lipinski definition) is 4. The lowest BCUT2D eigenvalue weighted by Crippen LogP contribution is -2.43. The van der Waals surface area contributed by atoms with Gasteiger partial charge in [-0.05, 0) is 32.6 Å². The van der Waals surface area contributed by atoms with E-state index in [0.717, 1.165) is 13.0 Å². The van der Waals surface area contributed by atoms with Crippen LogP contribution in [0.1, 0.15) is 23.7 Å². The number of H-pyrrole nitrogens is 1. The predicted octanol–water partition coefficient (Wildman–Crippen LogP) is 1.06. The number of aromatic nitrogens is 1. The normalized spacial score (nSPS) is 10.9. The number of rotatable bonds is 8. The average Bonchev–Trinajstić information content (AvgIpc) is 2.63. The minimum atomic E-state index is -0.547. The minimum Gasteiger partial charge on any atom is -0.360 e. The summed E-state index contributed by atoms with van der Waals surface area (Å²) in [6, 6.07) is 7.00. The zero-order chi connectivity index (χ0) is 19.1. The monoisotopic (exact) mass is 358 g/mol. The Labute approximate surface area is 153 Å². The molecule has 0 radical (unpaired) electrons. The van der Waals surface area contributed by atoms with Gasteiger partial charge in [0.2, 0.25) is 11.3 Å². The lowest BCUT2D eigenvalue weighted by molar-refractivity contribution is -0.130. The fraction of sp³-hybridized carbons (Fsp3) is 0.421. The Morgan fingerprint density at radius 1 is 1.12 bits per heavy atom. The van der Waals surface area contributed by atoms with Crippen LogP contribution in [0.25, 0.3) is 10.9 Å². The molecule has 1 heterocycles. The van der Waals surface area contributed by atoms with Crippen molar-refractivity contribution in [1.82, 2.24) is 20.1 Å². The summed E-state index contributed by atoms with van der Waals surface area (Å²) in [5, 5.41) is 3.02. The Hall–Kier alpha value is -2.67. The Bertz CT molecular complexity index is 829. The molecule has 140 valence electrons. The third-order valence-corrected chi connectivity index (χ3v) is 4.10. The van der Waals surface area contributed by atoms with Crippen molar-refractivity contribution in [2.24, 2.45) is 0 Å². The first-order valence-electron chi connectivity index (χ1n) is 8.75. The number of likely N-dealkylation sites (N-methyl/N-ethyl adjacent to an activating group) is 1. The molecule has 0 aliphatic carbocycles. The topological polar surface area (TPSA) is 85.5 Å². The van der Waals surface area contributed by atoms with Gasteiger partial charge in [-0.2, -0.15) is 0 Å². The van der Waals surface area contributed by atoms with Gasteiger partial charge in [-0.3, -0.25) is 14.4 Å². The first-order valence-corrected chi connectivity index (χ1v) is 8.75. The summed E-state index contributed by atoms with van der Waals surface area (Å²) in [4.78, 5) is 43.9. The molecule has 7 heteroatoms. The average molecular weight is 358 g/mol. The van der Waals surface area contributed by atoms with Crippen molar-refractivity contribution < 1.29 is 9.59 Å². The molecule has 0 saturated heterocycles. The third kappa shape index (κ3) is 4.92. The maximum absolute atomic E-state index is 12.4. The minimum absolute atomic E-state index is 0.00633. The maximum Gasteiger partial charge on any atom is 0.257 e. The molecule has 2 N–H and O–H groups in total. The molecule has 0 bridgehead atoms. The number of amides is 2. The van der Waals surface area contributed by atoms with E-state index >= 15 is 0 Å². The van der Waals surface area contributed by atoms with Crippen LogP contribution < -0.4 is 10.7 Å². The van der Waals surface area contributed by atoms with E-state index in [2.05, 4.69) is 10.3 Å². The van der Waals surface area contributed by atoms with Crippen LogP contribution in [0.4, 0.5) is 0 Å². The zero-order valence-corrected chi connectivity index (χ0v) is 15.5. The third-order valence-electron chi connectivity index (χ3n) is 4.10. The highest BCUT2D eigenvalue weighted by Gasteiger charge is 2.17. The Kier molecular flexibility index (Phi) is 6.91. The van der Waals surface area contributed by atoms with Crippen molar-refractivity contribution in [3.63, 3.8) is 0 Å². The van der Waals surface area contributed by atoms with Crippen LogP contribution in [0.3, 0.4) is 0 Å². The van der Waals surface area contributed by atoms with Gasteiger partial charge in [-0.15, -0.1) is 0 Å². The van der Waals surface area contributed by atoms with Crippen LogP contribution in [-0.4, -0.2) is 66.9 Å². The number of aromatic amines is 1. The number of fused-ring (bicyclic) bond motifs is 1. The largest absolute Gasteiger partial charge is 0.360 e. The molecule has 0 fully saturated rings. The van der Waals surface area contributed by atoms with Crippen molar-refractivity contribution >= 4 is 22.7 Å².